The SMILES string of the molecule is COC(=O)CC1Cc2ccc(O)cc2CCC1=O.COC(=O)CC1Cc2ccc(OCCCNc3cccc[n+]3O)cc2CCC1=O.COC(=O)CC1Cc2ccc(OCCCNc3ccccn3)cc2CCC1=O.O=C(O)CC1Cc2ccc(OCCCNc3ccccn3)cc2CCC1=O. The van der Waals surface area contributed by atoms with Gasteiger partial charge in [-0.2, -0.15) is 0 Å². The number of carboxylic acid groups (broad SMARTS) is 1. The van der Waals surface area contributed by atoms with Gasteiger partial charge >= 0.3 is 29.7 Å². The Kier molecular flexibility index (Phi) is 30.6. The summed E-state index contributed by atoms with van der Waals surface area (Å²) in [5, 5.41) is 37.7. The Morgan fingerprint density at radius 2 is 0.784 bits per heavy atom. The number of aromatic nitrogens is 3. The zero-order valence-electron chi connectivity index (χ0n) is 58.2. The number of rotatable bonds is 26. The van der Waals surface area contributed by atoms with Gasteiger partial charge in [-0.05, 0) is 188 Å². The predicted molar refractivity (Wildman–Crippen MR) is 380 cm³/mol. The van der Waals surface area contributed by atoms with Crippen molar-refractivity contribution in [2.75, 3.05) is 76.7 Å². The number of ketones is 4. The molecule has 540 valence electrons. The Morgan fingerprint density at radius 3 is 1.14 bits per heavy atom. The minimum absolute atomic E-state index is 0.0386. The van der Waals surface area contributed by atoms with Gasteiger partial charge in [-0.25, -0.2) is 9.97 Å². The Balaban J connectivity index is 0.000000175. The zero-order valence-corrected chi connectivity index (χ0v) is 58.2. The lowest BCUT2D eigenvalue weighted by Gasteiger charge is -2.13. The minimum atomic E-state index is -0.920. The van der Waals surface area contributed by atoms with E-state index >= 15 is 0 Å². The number of hydrogen-bond donors (Lipinski definition) is 6. The number of anilines is 3. The summed E-state index contributed by atoms with van der Waals surface area (Å²) in [6.07, 6.45) is 14.3. The summed E-state index contributed by atoms with van der Waals surface area (Å²) in [6, 6.07) is 39.8. The van der Waals surface area contributed by atoms with Crippen LogP contribution in [0.3, 0.4) is 0 Å². The number of carbonyl (C=O) groups excluding carboxylic acids is 7. The molecule has 4 aromatic carbocycles. The van der Waals surface area contributed by atoms with Crippen LogP contribution in [0.15, 0.2) is 146 Å². The molecule has 7 aromatic rings. The fraction of sp³-hybridized carbons (Fsp3) is 0.405. The molecule has 0 fully saturated rings. The van der Waals surface area contributed by atoms with E-state index in [-0.39, 0.29) is 90.2 Å². The van der Waals surface area contributed by atoms with Crippen LogP contribution in [0.25, 0.3) is 0 Å². The van der Waals surface area contributed by atoms with Crippen LogP contribution < -0.4 is 34.9 Å². The van der Waals surface area contributed by atoms with E-state index < -0.39 is 11.9 Å². The highest BCUT2D eigenvalue weighted by Crippen LogP contribution is 2.32. The van der Waals surface area contributed by atoms with Crippen molar-refractivity contribution in [3.8, 4) is 23.0 Å². The number of aliphatic carboxylic acids is 1. The van der Waals surface area contributed by atoms with Crippen molar-refractivity contribution in [3.63, 3.8) is 0 Å². The summed E-state index contributed by atoms with van der Waals surface area (Å²) in [7, 11) is 4.03. The molecule has 6 N–H and O–H groups in total. The summed E-state index contributed by atoms with van der Waals surface area (Å²) in [5.74, 6) is 2.03. The van der Waals surface area contributed by atoms with Crippen LogP contribution >= 0.6 is 0 Å². The number of aryl methyl sites for hydroxylation is 4. The molecular weight excluding hydrogens is 1300 g/mol. The van der Waals surface area contributed by atoms with Gasteiger partial charge in [0.15, 0.2) is 0 Å². The van der Waals surface area contributed by atoms with Gasteiger partial charge in [0.1, 0.15) is 64.0 Å². The third kappa shape index (κ3) is 25.2. The molecule has 4 atom stereocenters. The van der Waals surface area contributed by atoms with E-state index in [1.54, 1.807) is 42.9 Å². The van der Waals surface area contributed by atoms with Crippen molar-refractivity contribution in [1.29, 1.82) is 0 Å². The Hall–Kier alpha value is -10.7. The zero-order chi connectivity index (χ0) is 72.6. The van der Waals surface area contributed by atoms with Crippen LogP contribution in [-0.2, 0) is 104 Å². The summed E-state index contributed by atoms with van der Waals surface area (Å²) >= 11 is 0. The highest BCUT2D eigenvalue weighted by molar-refractivity contribution is 5.88. The summed E-state index contributed by atoms with van der Waals surface area (Å²) < 4.78 is 32.6. The maximum absolute atomic E-state index is 12.3. The molecule has 0 saturated carbocycles. The molecule has 4 aliphatic carbocycles. The second-order valence-electron chi connectivity index (χ2n) is 25.4. The predicted octanol–water partition coefficient (Wildman–Crippen LogP) is 10.3. The molecule has 4 unspecified atom stereocenters. The Morgan fingerprint density at radius 1 is 0.431 bits per heavy atom. The first-order valence-electron chi connectivity index (χ1n) is 34.7. The van der Waals surface area contributed by atoms with Crippen LogP contribution in [0.5, 0.6) is 23.0 Å². The van der Waals surface area contributed by atoms with Crippen molar-refractivity contribution in [2.45, 2.75) is 122 Å². The Labute approximate surface area is 594 Å². The average Bonchev–Trinajstić information content (AvgIpc) is 1.66. The maximum Gasteiger partial charge on any atom is 0.313 e. The normalized spacial score (nSPS) is 16.6. The second-order valence-corrected chi connectivity index (χ2v) is 25.4. The van der Waals surface area contributed by atoms with Crippen molar-refractivity contribution in [1.82, 2.24) is 9.97 Å². The molecule has 102 heavy (non-hydrogen) atoms. The third-order valence-corrected chi connectivity index (χ3v) is 18.2. The van der Waals surface area contributed by atoms with Gasteiger partial charge in [0, 0.05) is 87.3 Å². The van der Waals surface area contributed by atoms with Gasteiger partial charge in [-0.15, -0.1) is 0 Å². The van der Waals surface area contributed by atoms with Gasteiger partial charge in [-0.3, -0.25) is 43.7 Å². The van der Waals surface area contributed by atoms with Gasteiger partial charge in [0.25, 0.3) is 0 Å². The highest BCUT2D eigenvalue weighted by atomic mass is 16.5. The number of pyridine rings is 3. The lowest BCUT2D eigenvalue weighted by Crippen LogP contribution is -2.33. The smallest absolute Gasteiger partial charge is 0.313 e. The molecule has 4 aliphatic rings. The number of esters is 3. The van der Waals surface area contributed by atoms with Crippen LogP contribution in [0.1, 0.15) is 115 Å². The molecule has 3 heterocycles. The first-order chi connectivity index (χ1) is 49.4. The average molecular weight is 1400 g/mol. The van der Waals surface area contributed by atoms with Gasteiger partial charge in [0.05, 0.1) is 73.4 Å². The lowest BCUT2D eigenvalue weighted by molar-refractivity contribution is -0.893. The number of ether oxygens (including phenoxy) is 6. The number of nitrogens with zero attached hydrogens (tertiary/aromatic N) is 3. The number of carbonyl (C=O) groups is 8. The standard InChI is InChI=1S/C22H26N2O5.C22H26N2O4.C21H24N2O4.C14H16O4/c1-28-22(26)15-18-13-16-6-8-19(14-17(16)7-9-20(18)25)29-12-4-10-23-21-5-2-3-11-24(21)27;1-27-22(26)15-18-13-16-6-8-19(14-17(16)7-9-20(18)25)28-12-4-11-24-21-5-2-3-10-23-21;24-19-8-6-16-13-18(7-5-15(16)12-17(19)14-21(25)26)27-11-3-10-23-20-4-1-2-9-22-20;1-18-14(17)8-11-6-9-2-4-12(15)7-10(9)3-5-13(11)16/h2-3,5-6,8,11,14,18,27H,4,7,9-10,12-13,15H2,1H3;2-3,5-6,8,10,14,18H,4,7,9,11-13,15H2,1H3,(H,23,24);1-2,4-5,7,9,13,17H,3,6,8,10-12,14H2,(H,22,23)(H,25,26);2,4,7,11,15H,3,5-6,8H2,1H3/p+1. The lowest BCUT2D eigenvalue weighted by atomic mass is 9.93. The van der Waals surface area contributed by atoms with Crippen LogP contribution in [-0.4, -0.2) is 133 Å². The molecule has 0 radical (unpaired) electrons. The number of hydrogen-bond acceptors (Lipinski definition) is 21. The quantitative estimate of drug-likeness (QED) is 0.00733. The summed E-state index contributed by atoms with van der Waals surface area (Å²) in [6.45, 7) is 3.94. The number of fused-ring (bicyclic) bond motifs is 4. The Bertz CT molecular complexity index is 3950. The molecule has 0 bridgehead atoms. The molecule has 11 rings (SSSR count). The molecule has 0 spiro atoms. The second kappa shape index (κ2) is 40.5. The summed E-state index contributed by atoms with van der Waals surface area (Å²) in [5.41, 5.74) is 8.61. The number of phenols is 1. The molecule has 3 aromatic heterocycles. The number of methoxy groups -OCH3 is 3. The first kappa shape index (κ1) is 77.0. The third-order valence-electron chi connectivity index (χ3n) is 18.2. The minimum Gasteiger partial charge on any atom is -0.508 e. The fourth-order valence-corrected chi connectivity index (χ4v) is 12.5. The van der Waals surface area contributed by atoms with Gasteiger partial charge < -0.3 is 54.5 Å². The highest BCUT2D eigenvalue weighted by Gasteiger charge is 2.31. The topological polar surface area (TPSA) is 318 Å². The van der Waals surface area contributed by atoms with E-state index in [4.69, 9.17) is 28.8 Å². The first-order valence-corrected chi connectivity index (χ1v) is 34.7. The molecule has 0 amide bonds. The number of phenolic OH excluding ortho intramolecular Hbond substituents is 1. The molecule has 0 saturated heterocycles. The molecule has 0 aliphatic heterocycles. The fourth-order valence-electron chi connectivity index (χ4n) is 12.5. The number of nitrogens with one attached hydrogen (secondary N) is 3. The van der Waals surface area contributed by atoms with E-state index in [9.17, 15) is 48.7 Å². The molecule has 23 nitrogen and oxygen atoms in total. The van der Waals surface area contributed by atoms with E-state index in [1.165, 1.54) is 21.3 Å². The molecular formula is C79H93N6O17+. The monoisotopic (exact) mass is 1400 g/mol. The number of benzene rings is 4. The van der Waals surface area contributed by atoms with Crippen LogP contribution in [0.4, 0.5) is 17.5 Å². The number of Topliss-reactive ketones (excluding diaryl/α,β-unsaturated/α-hetero) is 4. The maximum atomic E-state index is 12.3. The molecule has 23 heteroatoms. The van der Waals surface area contributed by atoms with E-state index in [0.29, 0.717) is 109 Å². The van der Waals surface area contributed by atoms with Crippen molar-refractivity contribution >= 4 is 64.5 Å². The number of carboxylic acids is 1. The van der Waals surface area contributed by atoms with Gasteiger partial charge in [-0.1, -0.05) is 47.2 Å². The van der Waals surface area contributed by atoms with Crippen molar-refractivity contribution in [3.05, 3.63) is 190 Å². The number of aromatic hydroxyl groups is 1. The van der Waals surface area contributed by atoms with Crippen LogP contribution in [0, 0.1) is 23.7 Å². The van der Waals surface area contributed by atoms with E-state index in [0.717, 1.165) is 110 Å². The van der Waals surface area contributed by atoms with Crippen molar-refractivity contribution < 1.29 is 86.9 Å². The largest absolute Gasteiger partial charge is 0.508 e. The summed E-state index contributed by atoms with van der Waals surface area (Å²) in [4.78, 5) is 103. The van der Waals surface area contributed by atoms with E-state index in [1.807, 2.05) is 103 Å². The van der Waals surface area contributed by atoms with Gasteiger partial charge in [0.2, 0.25) is 0 Å². The van der Waals surface area contributed by atoms with Crippen molar-refractivity contribution in [2.24, 2.45) is 23.7 Å². The van der Waals surface area contributed by atoms with E-state index in [2.05, 4.69) is 30.7 Å². The van der Waals surface area contributed by atoms with Crippen LogP contribution in [0.2, 0.25) is 0 Å².